The van der Waals surface area contributed by atoms with Crippen molar-refractivity contribution >= 4 is 53.3 Å². The van der Waals surface area contributed by atoms with Gasteiger partial charge < -0.3 is 5.32 Å². The zero-order valence-electron chi connectivity index (χ0n) is 10.9. The molecule has 2 aromatic carbocycles. The van der Waals surface area contributed by atoms with Crippen LogP contribution in [0.25, 0.3) is 0 Å². The number of para-hydroxylation sites is 1. The van der Waals surface area contributed by atoms with Crippen LogP contribution < -0.4 is 5.32 Å². The lowest BCUT2D eigenvalue weighted by atomic mass is 10.2. The van der Waals surface area contributed by atoms with Gasteiger partial charge in [-0.3, -0.25) is 4.79 Å². The maximum Gasteiger partial charge on any atom is 0.256 e. The van der Waals surface area contributed by atoms with E-state index in [1.165, 1.54) is 6.07 Å². The van der Waals surface area contributed by atoms with Gasteiger partial charge in [0.2, 0.25) is 0 Å². The number of nitrogens with one attached hydrogen (secondary N) is 1. The van der Waals surface area contributed by atoms with Gasteiger partial charge >= 0.3 is 0 Å². The van der Waals surface area contributed by atoms with Crippen LogP contribution in [0.15, 0.2) is 56.3 Å². The first-order valence-corrected chi connectivity index (χ1v) is 9.32. The first-order valence-electron chi connectivity index (χ1n) is 5.84. The van der Waals surface area contributed by atoms with E-state index in [9.17, 15) is 13.2 Å². The molecule has 0 aliphatic rings. The molecule has 0 spiro atoms. The highest BCUT2D eigenvalue weighted by Gasteiger charge is 2.16. The molecule has 110 valence electrons. The topological polar surface area (TPSA) is 63.2 Å². The first-order chi connectivity index (χ1) is 9.79. The van der Waals surface area contributed by atoms with Crippen LogP contribution in [0.1, 0.15) is 10.4 Å². The minimum atomic E-state index is -3.41. The van der Waals surface area contributed by atoms with Gasteiger partial charge in [-0.05, 0) is 46.3 Å². The van der Waals surface area contributed by atoms with Crippen molar-refractivity contribution < 1.29 is 13.2 Å². The summed E-state index contributed by atoms with van der Waals surface area (Å²) in [4.78, 5) is 12.4. The third-order valence-electron chi connectivity index (χ3n) is 2.71. The largest absolute Gasteiger partial charge is 0.321 e. The Balaban J connectivity index is 2.37. The molecule has 2 rings (SSSR count). The molecule has 7 heteroatoms. The Bertz CT molecular complexity index is 804. The second-order valence-electron chi connectivity index (χ2n) is 4.35. The summed E-state index contributed by atoms with van der Waals surface area (Å²) >= 11 is 6.62. The Morgan fingerprint density at radius 2 is 1.76 bits per heavy atom. The Labute approximate surface area is 139 Å². The summed E-state index contributed by atoms with van der Waals surface area (Å²) in [5, 5.41) is 2.63. The molecule has 1 N–H and O–H groups in total. The Morgan fingerprint density at radius 1 is 1.10 bits per heavy atom. The smallest absolute Gasteiger partial charge is 0.256 e. The van der Waals surface area contributed by atoms with Gasteiger partial charge in [-0.15, -0.1) is 0 Å². The molecule has 1 amide bonds. The molecule has 0 aliphatic carbocycles. The minimum absolute atomic E-state index is 0.0894. The van der Waals surface area contributed by atoms with Crippen molar-refractivity contribution in [2.24, 2.45) is 0 Å². The number of rotatable bonds is 3. The van der Waals surface area contributed by atoms with Crippen LogP contribution in [0.3, 0.4) is 0 Å². The Kier molecular flexibility index (Phi) is 4.85. The highest BCUT2D eigenvalue weighted by Crippen LogP contribution is 2.25. The highest BCUT2D eigenvalue weighted by molar-refractivity contribution is 9.11. The minimum Gasteiger partial charge on any atom is -0.321 e. The molecule has 0 atom stereocenters. The van der Waals surface area contributed by atoms with E-state index in [0.29, 0.717) is 10.0 Å². The maximum absolute atomic E-state index is 12.3. The molecule has 0 saturated carbocycles. The van der Waals surface area contributed by atoms with E-state index in [-0.39, 0.29) is 16.5 Å². The Morgan fingerprint density at radius 3 is 2.38 bits per heavy atom. The molecule has 0 fully saturated rings. The number of carbonyl (C=O) groups excluding carboxylic acids is 1. The van der Waals surface area contributed by atoms with Crippen LogP contribution in [0, 0.1) is 0 Å². The van der Waals surface area contributed by atoms with E-state index < -0.39 is 9.84 Å². The number of hydrogen-bond donors (Lipinski definition) is 1. The quantitative estimate of drug-likeness (QED) is 0.800. The van der Waals surface area contributed by atoms with Crippen molar-refractivity contribution in [2.45, 2.75) is 4.90 Å². The molecule has 0 heterocycles. The lowest BCUT2D eigenvalue weighted by molar-refractivity contribution is 0.102. The Hall–Kier alpha value is -1.18. The fraction of sp³-hybridized carbons (Fsp3) is 0.0714. The van der Waals surface area contributed by atoms with E-state index >= 15 is 0 Å². The van der Waals surface area contributed by atoms with E-state index in [2.05, 4.69) is 37.2 Å². The van der Waals surface area contributed by atoms with E-state index in [4.69, 9.17) is 0 Å². The van der Waals surface area contributed by atoms with Gasteiger partial charge in [0.25, 0.3) is 5.91 Å². The molecule has 21 heavy (non-hydrogen) atoms. The molecular formula is C14H11Br2NO3S. The summed E-state index contributed by atoms with van der Waals surface area (Å²) in [6.07, 6.45) is 1.10. The number of hydrogen-bond acceptors (Lipinski definition) is 3. The van der Waals surface area contributed by atoms with Crippen molar-refractivity contribution in [2.75, 3.05) is 11.6 Å². The van der Waals surface area contributed by atoms with E-state index in [1.807, 2.05) is 0 Å². The summed E-state index contributed by atoms with van der Waals surface area (Å²) in [7, 11) is -3.41. The molecule has 0 radical (unpaired) electrons. The van der Waals surface area contributed by atoms with Crippen molar-refractivity contribution in [1.82, 2.24) is 0 Å². The number of sulfone groups is 1. The van der Waals surface area contributed by atoms with E-state index in [1.54, 1.807) is 36.4 Å². The highest BCUT2D eigenvalue weighted by atomic mass is 79.9. The van der Waals surface area contributed by atoms with Crippen LogP contribution in [0.4, 0.5) is 5.69 Å². The molecular weight excluding hydrogens is 422 g/mol. The zero-order chi connectivity index (χ0) is 15.6. The molecule has 0 unspecified atom stereocenters. The average molecular weight is 433 g/mol. The lowest BCUT2D eigenvalue weighted by Crippen LogP contribution is -2.15. The second kappa shape index (κ2) is 6.29. The third kappa shape index (κ3) is 3.93. The maximum atomic E-state index is 12.3. The summed E-state index contributed by atoms with van der Waals surface area (Å²) in [5.41, 5.74) is 0.682. The van der Waals surface area contributed by atoms with Gasteiger partial charge in [-0.1, -0.05) is 28.1 Å². The van der Waals surface area contributed by atoms with Gasteiger partial charge in [0.1, 0.15) is 0 Å². The standard InChI is InChI=1S/C14H11Br2NO3S/c1-21(19,20)13-5-3-2-4-12(13)17-14(18)10-7-6-9(15)8-11(10)16/h2-8H,1H3,(H,17,18). The van der Waals surface area contributed by atoms with Gasteiger partial charge in [-0.2, -0.15) is 0 Å². The average Bonchev–Trinajstić information content (AvgIpc) is 2.37. The van der Waals surface area contributed by atoms with Gasteiger partial charge in [0.15, 0.2) is 9.84 Å². The number of amides is 1. The van der Waals surface area contributed by atoms with Crippen LogP contribution in [0.2, 0.25) is 0 Å². The van der Waals surface area contributed by atoms with Crippen LogP contribution in [0.5, 0.6) is 0 Å². The van der Waals surface area contributed by atoms with Gasteiger partial charge in [0.05, 0.1) is 16.1 Å². The fourth-order valence-corrected chi connectivity index (χ4v) is 3.83. The van der Waals surface area contributed by atoms with Crippen molar-refractivity contribution in [3.05, 3.63) is 57.0 Å². The van der Waals surface area contributed by atoms with Crippen LogP contribution >= 0.6 is 31.9 Å². The van der Waals surface area contributed by atoms with Crippen LogP contribution in [-0.2, 0) is 9.84 Å². The van der Waals surface area contributed by atoms with E-state index in [0.717, 1.165) is 10.7 Å². The SMILES string of the molecule is CS(=O)(=O)c1ccccc1NC(=O)c1ccc(Br)cc1Br. The second-order valence-corrected chi connectivity index (χ2v) is 8.10. The number of anilines is 1. The zero-order valence-corrected chi connectivity index (χ0v) is 14.9. The monoisotopic (exact) mass is 431 g/mol. The summed E-state index contributed by atoms with van der Waals surface area (Å²) in [6.45, 7) is 0. The predicted molar refractivity (Wildman–Crippen MR) is 89.3 cm³/mol. The predicted octanol–water partition coefficient (Wildman–Crippen LogP) is 3.87. The molecule has 0 aromatic heterocycles. The summed E-state index contributed by atoms with van der Waals surface area (Å²) in [5.74, 6) is -0.384. The normalized spacial score (nSPS) is 11.2. The lowest BCUT2D eigenvalue weighted by Gasteiger charge is -2.10. The fourth-order valence-electron chi connectivity index (χ4n) is 1.76. The molecule has 0 saturated heterocycles. The van der Waals surface area contributed by atoms with Crippen molar-refractivity contribution in [3.8, 4) is 0 Å². The number of carbonyl (C=O) groups is 1. The first kappa shape index (κ1) is 16.2. The molecule has 0 aliphatic heterocycles. The third-order valence-corrected chi connectivity index (χ3v) is 5.01. The summed E-state index contributed by atoms with van der Waals surface area (Å²) in [6, 6.07) is 11.4. The molecule has 4 nitrogen and oxygen atoms in total. The van der Waals surface area contributed by atoms with Gasteiger partial charge in [-0.25, -0.2) is 8.42 Å². The number of benzene rings is 2. The van der Waals surface area contributed by atoms with Crippen molar-refractivity contribution in [3.63, 3.8) is 0 Å². The van der Waals surface area contributed by atoms with Crippen LogP contribution in [-0.4, -0.2) is 20.6 Å². The molecule has 0 bridgehead atoms. The van der Waals surface area contributed by atoms with Gasteiger partial charge in [0, 0.05) is 15.2 Å². The number of halogens is 2. The summed E-state index contributed by atoms with van der Waals surface area (Å²) < 4.78 is 24.9. The van der Waals surface area contributed by atoms with Crippen molar-refractivity contribution in [1.29, 1.82) is 0 Å². The molecule has 2 aromatic rings.